The second kappa shape index (κ2) is 8.89. The lowest BCUT2D eigenvalue weighted by Gasteiger charge is -2.11. The molecule has 0 aliphatic carbocycles. The van der Waals surface area contributed by atoms with Gasteiger partial charge in [0.15, 0.2) is 5.82 Å². The third kappa shape index (κ3) is 3.78. The number of aromatic nitrogens is 3. The van der Waals surface area contributed by atoms with E-state index < -0.39 is 0 Å². The van der Waals surface area contributed by atoms with Gasteiger partial charge in [-0.1, -0.05) is 109 Å². The molecule has 7 aromatic rings. The highest BCUT2D eigenvalue weighted by Crippen LogP contribution is 2.33. The third-order valence-corrected chi connectivity index (χ3v) is 6.83. The predicted molar refractivity (Wildman–Crippen MR) is 153 cm³/mol. The van der Waals surface area contributed by atoms with Gasteiger partial charge in [-0.25, -0.2) is 9.97 Å². The number of para-hydroxylation sites is 2. The van der Waals surface area contributed by atoms with Crippen LogP contribution in [0.4, 0.5) is 0 Å². The molecule has 0 amide bonds. The van der Waals surface area contributed by atoms with Crippen molar-refractivity contribution in [2.24, 2.45) is 0 Å². The number of nitrogens with zero attached hydrogens (tertiary/aromatic N) is 3. The highest BCUT2D eigenvalue weighted by Gasteiger charge is 2.13. The van der Waals surface area contributed by atoms with E-state index in [0.29, 0.717) is 0 Å². The summed E-state index contributed by atoms with van der Waals surface area (Å²) in [7, 11) is 0. The highest BCUT2D eigenvalue weighted by atomic mass is 15.0. The Morgan fingerprint density at radius 2 is 0.865 bits per heavy atom. The van der Waals surface area contributed by atoms with E-state index in [1.54, 1.807) is 0 Å². The fourth-order valence-electron chi connectivity index (χ4n) is 5.05. The van der Waals surface area contributed by atoms with Crippen molar-refractivity contribution in [1.29, 1.82) is 0 Å². The lowest BCUT2D eigenvalue weighted by molar-refractivity contribution is 1.17. The van der Waals surface area contributed by atoms with Gasteiger partial charge in [0.2, 0.25) is 0 Å². The van der Waals surface area contributed by atoms with Crippen LogP contribution in [0.25, 0.3) is 61.4 Å². The monoisotopic (exact) mass is 473 g/mol. The Kier molecular flexibility index (Phi) is 5.11. The normalized spacial score (nSPS) is 11.2. The van der Waals surface area contributed by atoms with Crippen LogP contribution in [0.2, 0.25) is 0 Å². The number of rotatable bonds is 4. The van der Waals surface area contributed by atoms with E-state index in [1.807, 2.05) is 36.4 Å². The fraction of sp³-hybridized carbons (Fsp3) is 0. The van der Waals surface area contributed by atoms with Crippen molar-refractivity contribution in [1.82, 2.24) is 14.5 Å². The first-order chi connectivity index (χ1) is 18.3. The largest absolute Gasteiger partial charge is 0.309 e. The first-order valence-corrected chi connectivity index (χ1v) is 12.4. The predicted octanol–water partition coefficient (Wildman–Crippen LogP) is 8.57. The smallest absolute Gasteiger partial charge is 0.160 e. The molecule has 7 rings (SSSR count). The molecule has 0 radical (unpaired) electrons. The summed E-state index contributed by atoms with van der Waals surface area (Å²) in [5, 5.41) is 2.52. The molecular formula is C34H23N3. The Hall–Kier alpha value is -5.02. The van der Waals surface area contributed by atoms with Gasteiger partial charge in [-0.05, 0) is 30.3 Å². The van der Waals surface area contributed by atoms with Crippen LogP contribution < -0.4 is 0 Å². The van der Waals surface area contributed by atoms with E-state index in [2.05, 4.69) is 108 Å². The summed E-state index contributed by atoms with van der Waals surface area (Å²) < 4.78 is 2.33. The van der Waals surface area contributed by atoms with E-state index in [4.69, 9.17) is 9.97 Å². The minimum atomic E-state index is 0.725. The van der Waals surface area contributed by atoms with Gasteiger partial charge in [-0.3, -0.25) is 0 Å². The van der Waals surface area contributed by atoms with Gasteiger partial charge in [0.05, 0.1) is 22.4 Å². The molecule has 37 heavy (non-hydrogen) atoms. The van der Waals surface area contributed by atoms with Gasteiger partial charge < -0.3 is 4.57 Å². The molecule has 0 atom stereocenters. The summed E-state index contributed by atoms with van der Waals surface area (Å²) in [6.45, 7) is 0. The molecule has 0 N–H and O–H groups in total. The molecule has 3 nitrogen and oxygen atoms in total. The Morgan fingerprint density at radius 3 is 1.43 bits per heavy atom. The van der Waals surface area contributed by atoms with Gasteiger partial charge in [0.1, 0.15) is 0 Å². The third-order valence-electron chi connectivity index (χ3n) is 6.83. The number of fused-ring (bicyclic) bond motifs is 3. The molecule has 174 valence electrons. The van der Waals surface area contributed by atoms with Crippen molar-refractivity contribution in [3.63, 3.8) is 0 Å². The SMILES string of the molecule is c1ccc(-c2cc(-c3ccc(-n4c5ccccc5c5ccccc54)cc3)nc(-c3ccccc3)n2)cc1. The van der Waals surface area contributed by atoms with Gasteiger partial charge in [0.25, 0.3) is 0 Å². The Balaban J connectivity index is 1.37. The molecule has 0 aliphatic heterocycles. The molecule has 3 heteroatoms. The second-order valence-corrected chi connectivity index (χ2v) is 9.11. The quantitative estimate of drug-likeness (QED) is 0.256. The molecule has 0 fully saturated rings. The number of hydrogen-bond donors (Lipinski definition) is 0. The average Bonchev–Trinajstić information content (AvgIpc) is 3.32. The van der Waals surface area contributed by atoms with Crippen LogP contribution in [0.5, 0.6) is 0 Å². The minimum Gasteiger partial charge on any atom is -0.309 e. The first-order valence-electron chi connectivity index (χ1n) is 12.4. The fourth-order valence-corrected chi connectivity index (χ4v) is 5.05. The van der Waals surface area contributed by atoms with E-state index in [9.17, 15) is 0 Å². The summed E-state index contributed by atoms with van der Waals surface area (Å²) in [5.74, 6) is 0.725. The summed E-state index contributed by atoms with van der Waals surface area (Å²) in [4.78, 5) is 9.88. The molecule has 0 unspecified atom stereocenters. The minimum absolute atomic E-state index is 0.725. The Bertz CT molecular complexity index is 1740. The van der Waals surface area contributed by atoms with Crippen LogP contribution in [0, 0.1) is 0 Å². The van der Waals surface area contributed by atoms with E-state index >= 15 is 0 Å². The maximum atomic E-state index is 4.97. The molecule has 0 spiro atoms. The Morgan fingerprint density at radius 1 is 0.405 bits per heavy atom. The van der Waals surface area contributed by atoms with Crippen LogP contribution in [0.15, 0.2) is 140 Å². The summed E-state index contributed by atoms with van der Waals surface area (Å²) >= 11 is 0. The topological polar surface area (TPSA) is 30.7 Å². The lowest BCUT2D eigenvalue weighted by atomic mass is 10.1. The molecule has 5 aromatic carbocycles. The highest BCUT2D eigenvalue weighted by molar-refractivity contribution is 6.09. The van der Waals surface area contributed by atoms with E-state index in [-0.39, 0.29) is 0 Å². The first kappa shape index (κ1) is 21.3. The van der Waals surface area contributed by atoms with Crippen molar-refractivity contribution in [3.8, 4) is 39.6 Å². The molecule has 2 heterocycles. The van der Waals surface area contributed by atoms with E-state index in [1.165, 1.54) is 21.8 Å². The van der Waals surface area contributed by atoms with Crippen molar-refractivity contribution >= 4 is 21.8 Å². The second-order valence-electron chi connectivity index (χ2n) is 9.11. The van der Waals surface area contributed by atoms with Gasteiger partial charge in [-0.2, -0.15) is 0 Å². The molecule has 0 saturated heterocycles. The van der Waals surface area contributed by atoms with Gasteiger partial charge in [-0.15, -0.1) is 0 Å². The van der Waals surface area contributed by atoms with E-state index in [0.717, 1.165) is 39.6 Å². The summed E-state index contributed by atoms with van der Waals surface area (Å²) in [6.07, 6.45) is 0. The van der Waals surface area contributed by atoms with Crippen LogP contribution >= 0.6 is 0 Å². The molecule has 0 saturated carbocycles. The molecule has 2 aromatic heterocycles. The number of hydrogen-bond acceptors (Lipinski definition) is 2. The average molecular weight is 474 g/mol. The maximum Gasteiger partial charge on any atom is 0.160 e. The van der Waals surface area contributed by atoms with Crippen LogP contribution in [-0.2, 0) is 0 Å². The zero-order valence-electron chi connectivity index (χ0n) is 20.1. The molecular weight excluding hydrogens is 450 g/mol. The summed E-state index contributed by atoms with van der Waals surface area (Å²) in [6, 6.07) is 48.4. The van der Waals surface area contributed by atoms with Crippen LogP contribution in [-0.4, -0.2) is 14.5 Å². The van der Waals surface area contributed by atoms with Crippen LogP contribution in [0.3, 0.4) is 0 Å². The van der Waals surface area contributed by atoms with Gasteiger partial charge in [0, 0.05) is 33.2 Å². The molecule has 0 aliphatic rings. The zero-order valence-corrected chi connectivity index (χ0v) is 20.1. The van der Waals surface area contributed by atoms with Crippen molar-refractivity contribution in [3.05, 3.63) is 140 Å². The van der Waals surface area contributed by atoms with Crippen LogP contribution in [0.1, 0.15) is 0 Å². The molecule has 0 bridgehead atoms. The van der Waals surface area contributed by atoms with Crippen molar-refractivity contribution < 1.29 is 0 Å². The summed E-state index contributed by atoms with van der Waals surface area (Å²) in [5.41, 5.74) is 8.49. The van der Waals surface area contributed by atoms with Crippen molar-refractivity contribution in [2.45, 2.75) is 0 Å². The standard InChI is InChI=1S/C34H23N3/c1-3-11-24(12-4-1)30-23-31(36-34(35-30)26-13-5-2-6-14-26)25-19-21-27(22-20-25)37-32-17-9-7-15-28(32)29-16-8-10-18-33(29)37/h1-23H. The van der Waals surface area contributed by atoms with Gasteiger partial charge >= 0.3 is 0 Å². The lowest BCUT2D eigenvalue weighted by Crippen LogP contribution is -1.97. The Labute approximate surface area is 215 Å². The van der Waals surface area contributed by atoms with Crippen molar-refractivity contribution in [2.75, 3.05) is 0 Å². The maximum absolute atomic E-state index is 4.97. The zero-order chi connectivity index (χ0) is 24.6. The number of benzene rings is 5.